The summed E-state index contributed by atoms with van der Waals surface area (Å²) >= 11 is 0. The van der Waals surface area contributed by atoms with Crippen molar-refractivity contribution in [2.45, 2.75) is 19.6 Å². The second-order valence-corrected chi connectivity index (χ2v) is 6.67. The highest BCUT2D eigenvalue weighted by atomic mass is 16.5. The lowest BCUT2D eigenvalue weighted by Crippen LogP contribution is -2.41. The summed E-state index contributed by atoms with van der Waals surface area (Å²) in [6, 6.07) is 17.4. The summed E-state index contributed by atoms with van der Waals surface area (Å²) in [6.07, 6.45) is 0.491. The van der Waals surface area contributed by atoms with Crippen molar-refractivity contribution in [1.29, 1.82) is 5.26 Å². The van der Waals surface area contributed by atoms with Crippen molar-refractivity contribution in [3.05, 3.63) is 65.2 Å². The van der Waals surface area contributed by atoms with Gasteiger partial charge in [-0.2, -0.15) is 5.26 Å². The number of ether oxygens (including phenoxy) is 2. The van der Waals surface area contributed by atoms with E-state index in [1.54, 1.807) is 6.07 Å². The molecule has 2 aromatic carbocycles. The van der Waals surface area contributed by atoms with Gasteiger partial charge in [0.2, 0.25) is 5.91 Å². The Morgan fingerprint density at radius 2 is 1.93 bits per heavy atom. The summed E-state index contributed by atoms with van der Waals surface area (Å²) in [4.78, 5) is 14.0. The molecule has 0 aliphatic carbocycles. The van der Waals surface area contributed by atoms with E-state index in [0.29, 0.717) is 58.0 Å². The van der Waals surface area contributed by atoms with Crippen LogP contribution in [0.2, 0.25) is 0 Å². The van der Waals surface area contributed by atoms with Gasteiger partial charge in [-0.25, -0.2) is 0 Å². The average Bonchev–Trinajstić information content (AvgIpc) is 2.76. The van der Waals surface area contributed by atoms with E-state index in [1.807, 2.05) is 47.4 Å². The molecule has 0 atom stereocenters. The van der Waals surface area contributed by atoms with Gasteiger partial charge in [-0.15, -0.1) is 0 Å². The lowest BCUT2D eigenvalue weighted by atomic mass is 10.1. The lowest BCUT2D eigenvalue weighted by Gasteiger charge is -2.26. The van der Waals surface area contributed by atoms with Gasteiger partial charge in [0.05, 0.1) is 24.8 Å². The van der Waals surface area contributed by atoms with Gasteiger partial charge in [0, 0.05) is 32.6 Å². The van der Waals surface area contributed by atoms with Crippen LogP contribution in [-0.2, 0) is 22.7 Å². The molecule has 0 bridgehead atoms. The van der Waals surface area contributed by atoms with Gasteiger partial charge in [0.25, 0.3) is 0 Å². The molecule has 2 aromatic rings. The van der Waals surface area contributed by atoms with Crippen LogP contribution in [0.15, 0.2) is 48.5 Å². The lowest BCUT2D eigenvalue weighted by molar-refractivity contribution is -0.135. The van der Waals surface area contributed by atoms with Gasteiger partial charge in [0.15, 0.2) is 0 Å². The maximum absolute atomic E-state index is 12.1. The number of carbonyl (C=O) groups excluding carboxylic acids is 1. The van der Waals surface area contributed by atoms with Crippen LogP contribution in [0.3, 0.4) is 0 Å². The molecule has 1 fully saturated rings. The zero-order valence-corrected chi connectivity index (χ0v) is 15.9. The Morgan fingerprint density at radius 3 is 2.75 bits per heavy atom. The molecule has 0 saturated carbocycles. The molecular weight excluding hydrogens is 354 g/mol. The molecule has 1 N–H and O–H groups in total. The van der Waals surface area contributed by atoms with E-state index in [0.717, 1.165) is 16.9 Å². The fourth-order valence-corrected chi connectivity index (χ4v) is 3.04. The van der Waals surface area contributed by atoms with Crippen LogP contribution in [0.25, 0.3) is 0 Å². The topological polar surface area (TPSA) is 74.6 Å². The molecule has 6 heteroatoms. The number of carbonyl (C=O) groups is 1. The van der Waals surface area contributed by atoms with E-state index < -0.39 is 0 Å². The van der Waals surface area contributed by atoms with Crippen LogP contribution in [0.4, 0.5) is 0 Å². The predicted octanol–water partition coefficient (Wildman–Crippen LogP) is 2.48. The molecule has 3 rings (SSSR count). The molecular formula is C22H25N3O3. The van der Waals surface area contributed by atoms with Crippen LogP contribution >= 0.6 is 0 Å². The number of hydrogen-bond donors (Lipinski definition) is 1. The number of rotatable bonds is 8. The summed E-state index contributed by atoms with van der Waals surface area (Å²) in [7, 11) is 0. The summed E-state index contributed by atoms with van der Waals surface area (Å²) in [5.74, 6) is 0.957. The normalized spacial score (nSPS) is 13.8. The average molecular weight is 379 g/mol. The minimum absolute atomic E-state index is 0.174. The monoisotopic (exact) mass is 379 g/mol. The number of hydrogen-bond acceptors (Lipinski definition) is 5. The zero-order valence-electron chi connectivity index (χ0n) is 15.9. The first kappa shape index (κ1) is 19.9. The number of nitrogens with zero attached hydrogens (tertiary/aromatic N) is 2. The van der Waals surface area contributed by atoms with Crippen molar-refractivity contribution >= 4 is 5.91 Å². The van der Waals surface area contributed by atoms with Gasteiger partial charge in [0.1, 0.15) is 12.4 Å². The fraction of sp³-hybridized carbons (Fsp3) is 0.364. The third-order valence-corrected chi connectivity index (χ3v) is 4.57. The maximum atomic E-state index is 12.1. The molecule has 1 aliphatic rings. The second kappa shape index (κ2) is 10.5. The van der Waals surface area contributed by atoms with Crippen molar-refractivity contribution in [3.8, 4) is 11.8 Å². The highest BCUT2D eigenvalue weighted by Gasteiger charge is 2.15. The smallest absolute Gasteiger partial charge is 0.224 e. The van der Waals surface area contributed by atoms with Crippen molar-refractivity contribution in [3.63, 3.8) is 0 Å². The molecule has 0 aromatic heterocycles. The van der Waals surface area contributed by atoms with Crippen LogP contribution in [0, 0.1) is 11.3 Å². The first-order chi connectivity index (χ1) is 13.7. The van der Waals surface area contributed by atoms with Crippen LogP contribution in [-0.4, -0.2) is 43.7 Å². The number of amides is 1. The van der Waals surface area contributed by atoms with E-state index in [9.17, 15) is 4.79 Å². The third-order valence-electron chi connectivity index (χ3n) is 4.57. The standard InChI is InChI=1S/C22H25N3O3/c23-15-18-3-1-5-20(13-18)17-28-21-6-2-4-19(14-21)16-24-8-7-22(26)25-9-11-27-12-10-25/h1-6,13-14,24H,7-12,16-17H2. The number of morpholine rings is 1. The molecule has 1 amide bonds. The third kappa shape index (κ3) is 6.08. The van der Waals surface area contributed by atoms with Crippen LogP contribution < -0.4 is 10.1 Å². The quantitative estimate of drug-likeness (QED) is 0.713. The van der Waals surface area contributed by atoms with Crippen LogP contribution in [0.1, 0.15) is 23.1 Å². The zero-order chi connectivity index (χ0) is 19.6. The molecule has 146 valence electrons. The number of nitriles is 1. The largest absolute Gasteiger partial charge is 0.489 e. The van der Waals surface area contributed by atoms with Gasteiger partial charge >= 0.3 is 0 Å². The number of nitrogens with one attached hydrogen (secondary N) is 1. The van der Waals surface area contributed by atoms with Crippen molar-refractivity contribution in [1.82, 2.24) is 10.2 Å². The van der Waals surface area contributed by atoms with E-state index in [-0.39, 0.29) is 5.91 Å². The first-order valence-electron chi connectivity index (χ1n) is 9.51. The van der Waals surface area contributed by atoms with E-state index in [1.165, 1.54) is 0 Å². The van der Waals surface area contributed by atoms with E-state index in [2.05, 4.69) is 11.4 Å². The Labute approximate surface area is 165 Å². The second-order valence-electron chi connectivity index (χ2n) is 6.67. The molecule has 0 spiro atoms. The molecule has 0 radical (unpaired) electrons. The molecule has 0 unspecified atom stereocenters. The molecule has 1 heterocycles. The summed E-state index contributed by atoms with van der Waals surface area (Å²) in [5, 5.41) is 12.3. The van der Waals surface area contributed by atoms with Gasteiger partial charge in [-0.1, -0.05) is 24.3 Å². The highest BCUT2D eigenvalue weighted by molar-refractivity contribution is 5.76. The Bertz CT molecular complexity index is 826. The molecule has 6 nitrogen and oxygen atoms in total. The van der Waals surface area contributed by atoms with Gasteiger partial charge in [-0.3, -0.25) is 4.79 Å². The number of benzene rings is 2. The highest BCUT2D eigenvalue weighted by Crippen LogP contribution is 2.16. The minimum Gasteiger partial charge on any atom is -0.489 e. The molecule has 1 saturated heterocycles. The minimum atomic E-state index is 0.174. The Kier molecular flexibility index (Phi) is 7.42. The van der Waals surface area contributed by atoms with Crippen molar-refractivity contribution < 1.29 is 14.3 Å². The van der Waals surface area contributed by atoms with E-state index in [4.69, 9.17) is 14.7 Å². The van der Waals surface area contributed by atoms with Gasteiger partial charge in [-0.05, 0) is 35.4 Å². The Morgan fingerprint density at radius 1 is 1.14 bits per heavy atom. The predicted molar refractivity (Wildman–Crippen MR) is 106 cm³/mol. The first-order valence-corrected chi connectivity index (χ1v) is 9.51. The van der Waals surface area contributed by atoms with Crippen molar-refractivity contribution in [2.75, 3.05) is 32.8 Å². The fourth-order valence-electron chi connectivity index (χ4n) is 3.04. The molecule has 1 aliphatic heterocycles. The Hall–Kier alpha value is -2.88. The Balaban J connectivity index is 1.41. The summed E-state index contributed by atoms with van der Waals surface area (Å²) < 4.78 is 11.1. The van der Waals surface area contributed by atoms with Crippen LogP contribution in [0.5, 0.6) is 5.75 Å². The summed E-state index contributed by atoms with van der Waals surface area (Å²) in [6.45, 7) is 4.38. The van der Waals surface area contributed by atoms with E-state index >= 15 is 0 Å². The van der Waals surface area contributed by atoms with Crippen molar-refractivity contribution in [2.24, 2.45) is 0 Å². The molecule has 28 heavy (non-hydrogen) atoms. The maximum Gasteiger partial charge on any atom is 0.224 e. The summed E-state index contributed by atoms with van der Waals surface area (Å²) in [5.41, 5.74) is 2.69. The van der Waals surface area contributed by atoms with Gasteiger partial charge < -0.3 is 19.7 Å². The SMILES string of the molecule is N#Cc1cccc(COc2cccc(CNCCC(=O)N3CCOCC3)c2)c1.